The first kappa shape index (κ1) is 10.4. The fourth-order valence-corrected chi connectivity index (χ4v) is 1.87. The molecule has 0 aliphatic heterocycles. The van der Waals surface area contributed by atoms with Crippen LogP contribution in [-0.4, -0.2) is 17.1 Å². The molecule has 1 aromatic rings. The smallest absolute Gasteiger partial charge is 0.250 e. The predicted octanol–water partition coefficient (Wildman–Crippen LogP) is 1.87. The Morgan fingerprint density at radius 3 is 2.93 bits per heavy atom. The van der Waals surface area contributed by atoms with Gasteiger partial charge in [0.05, 0.1) is 0 Å². The van der Waals surface area contributed by atoms with E-state index in [1.165, 1.54) is 12.3 Å². The van der Waals surface area contributed by atoms with Crippen molar-refractivity contribution in [2.75, 3.05) is 0 Å². The second-order valence-electron chi connectivity index (χ2n) is 3.89. The summed E-state index contributed by atoms with van der Waals surface area (Å²) in [5.41, 5.74) is 5.90. The molecule has 15 heavy (non-hydrogen) atoms. The molecule has 0 unspecified atom stereocenters. The second-order valence-corrected chi connectivity index (χ2v) is 3.89. The molecule has 0 aromatic carbocycles. The normalized spacial score (nSPS) is 26.3. The molecular weight excluding hydrogens is 195 g/mol. The van der Waals surface area contributed by atoms with E-state index < -0.39 is 5.82 Å². The molecule has 1 aromatic heterocycles. The summed E-state index contributed by atoms with van der Waals surface area (Å²) in [7, 11) is 0. The number of halogens is 1. The van der Waals surface area contributed by atoms with Crippen LogP contribution in [0.25, 0.3) is 0 Å². The van der Waals surface area contributed by atoms with Crippen molar-refractivity contribution in [1.29, 1.82) is 0 Å². The van der Waals surface area contributed by atoms with Crippen LogP contribution in [-0.2, 0) is 0 Å². The molecule has 1 fully saturated rings. The zero-order chi connectivity index (χ0) is 10.7. The third-order valence-electron chi connectivity index (χ3n) is 2.74. The van der Waals surface area contributed by atoms with Gasteiger partial charge < -0.3 is 10.5 Å². The number of hydrogen-bond acceptors (Lipinski definition) is 3. The van der Waals surface area contributed by atoms with Crippen LogP contribution in [0.1, 0.15) is 25.7 Å². The van der Waals surface area contributed by atoms with E-state index in [9.17, 15) is 4.39 Å². The first-order chi connectivity index (χ1) is 7.27. The Labute approximate surface area is 88.5 Å². The lowest BCUT2D eigenvalue weighted by Gasteiger charge is -2.28. The minimum absolute atomic E-state index is 0.000145. The fraction of sp³-hybridized carbons (Fsp3) is 0.545. The molecule has 0 spiro atoms. The molecule has 0 bridgehead atoms. The monoisotopic (exact) mass is 210 g/mol. The van der Waals surface area contributed by atoms with Gasteiger partial charge in [0.25, 0.3) is 5.88 Å². The first-order valence-electron chi connectivity index (χ1n) is 5.30. The molecule has 2 atom stereocenters. The minimum Gasteiger partial charge on any atom is -0.471 e. The van der Waals surface area contributed by atoms with Crippen LogP contribution in [0.5, 0.6) is 5.88 Å². The Balaban J connectivity index is 2.04. The Morgan fingerprint density at radius 1 is 1.40 bits per heavy atom. The van der Waals surface area contributed by atoms with Crippen molar-refractivity contribution in [3.63, 3.8) is 0 Å². The third kappa shape index (κ3) is 2.45. The van der Waals surface area contributed by atoms with Crippen molar-refractivity contribution in [1.82, 2.24) is 4.98 Å². The van der Waals surface area contributed by atoms with Crippen molar-refractivity contribution < 1.29 is 9.13 Å². The van der Waals surface area contributed by atoms with Crippen LogP contribution in [0.15, 0.2) is 18.3 Å². The maximum absolute atomic E-state index is 13.2. The number of nitrogens with two attached hydrogens (primary N) is 1. The van der Waals surface area contributed by atoms with Crippen molar-refractivity contribution in [2.45, 2.75) is 37.8 Å². The number of nitrogens with zero attached hydrogens (tertiary/aromatic N) is 1. The topological polar surface area (TPSA) is 48.1 Å². The summed E-state index contributed by atoms with van der Waals surface area (Å²) in [6.45, 7) is 0. The standard InChI is InChI=1S/C11H15FN2O/c12-8-4-3-7-14-11(8)15-10-6-2-1-5-9(10)13/h3-4,7,9-10H,1-2,5-6,13H2/t9-,10-/m1/s1. The van der Waals surface area contributed by atoms with Crippen LogP contribution in [0, 0.1) is 5.82 Å². The van der Waals surface area contributed by atoms with Gasteiger partial charge in [-0.2, -0.15) is 0 Å². The van der Waals surface area contributed by atoms with E-state index in [1.807, 2.05) is 0 Å². The van der Waals surface area contributed by atoms with Gasteiger partial charge in [0.2, 0.25) is 0 Å². The molecule has 3 nitrogen and oxygen atoms in total. The largest absolute Gasteiger partial charge is 0.471 e. The van der Waals surface area contributed by atoms with Crippen LogP contribution in [0.4, 0.5) is 4.39 Å². The quantitative estimate of drug-likeness (QED) is 0.810. The number of hydrogen-bond donors (Lipinski definition) is 1. The molecule has 0 radical (unpaired) electrons. The lowest BCUT2D eigenvalue weighted by Crippen LogP contribution is -2.41. The number of pyridine rings is 1. The SMILES string of the molecule is N[C@@H]1CCCC[C@H]1Oc1ncccc1F. The van der Waals surface area contributed by atoms with Gasteiger partial charge >= 0.3 is 0 Å². The Bertz CT molecular complexity index is 332. The summed E-state index contributed by atoms with van der Waals surface area (Å²) in [5, 5.41) is 0. The van der Waals surface area contributed by atoms with Gasteiger partial charge in [0.1, 0.15) is 6.10 Å². The van der Waals surface area contributed by atoms with E-state index in [1.54, 1.807) is 6.07 Å². The van der Waals surface area contributed by atoms with E-state index in [-0.39, 0.29) is 18.0 Å². The van der Waals surface area contributed by atoms with Gasteiger partial charge in [-0.1, -0.05) is 6.42 Å². The Hall–Kier alpha value is -1.16. The Morgan fingerprint density at radius 2 is 2.20 bits per heavy atom. The maximum atomic E-state index is 13.2. The average molecular weight is 210 g/mol. The molecule has 2 N–H and O–H groups in total. The van der Waals surface area contributed by atoms with E-state index in [0.717, 1.165) is 25.7 Å². The highest BCUT2D eigenvalue weighted by molar-refractivity contribution is 5.13. The van der Waals surface area contributed by atoms with E-state index >= 15 is 0 Å². The zero-order valence-electron chi connectivity index (χ0n) is 8.53. The molecule has 2 rings (SSSR count). The zero-order valence-corrected chi connectivity index (χ0v) is 8.53. The van der Waals surface area contributed by atoms with Gasteiger partial charge in [-0.3, -0.25) is 0 Å². The summed E-state index contributed by atoms with van der Waals surface area (Å²) in [6.07, 6.45) is 5.48. The first-order valence-corrected chi connectivity index (χ1v) is 5.30. The molecule has 1 heterocycles. The molecule has 4 heteroatoms. The minimum atomic E-state index is -0.421. The van der Waals surface area contributed by atoms with Gasteiger partial charge in [0, 0.05) is 12.2 Å². The molecule has 1 aliphatic rings. The molecule has 0 saturated heterocycles. The van der Waals surface area contributed by atoms with Gasteiger partial charge in [0.15, 0.2) is 5.82 Å². The second kappa shape index (κ2) is 4.57. The van der Waals surface area contributed by atoms with Crippen LogP contribution >= 0.6 is 0 Å². The van der Waals surface area contributed by atoms with E-state index in [4.69, 9.17) is 10.5 Å². The van der Waals surface area contributed by atoms with Gasteiger partial charge in [-0.05, 0) is 31.4 Å². The molecule has 1 saturated carbocycles. The summed E-state index contributed by atoms with van der Waals surface area (Å²) < 4.78 is 18.7. The number of ether oxygens (including phenoxy) is 1. The highest BCUT2D eigenvalue weighted by atomic mass is 19.1. The van der Waals surface area contributed by atoms with Crippen molar-refractivity contribution in [2.24, 2.45) is 5.73 Å². The Kier molecular flexibility index (Phi) is 3.16. The predicted molar refractivity (Wildman–Crippen MR) is 55.1 cm³/mol. The van der Waals surface area contributed by atoms with Crippen LogP contribution < -0.4 is 10.5 Å². The number of aromatic nitrogens is 1. The highest BCUT2D eigenvalue weighted by Gasteiger charge is 2.24. The lowest BCUT2D eigenvalue weighted by molar-refractivity contribution is 0.121. The molecule has 1 aliphatic carbocycles. The summed E-state index contributed by atoms with van der Waals surface area (Å²) in [4.78, 5) is 3.85. The summed E-state index contributed by atoms with van der Waals surface area (Å²) in [5.74, 6) is -0.352. The van der Waals surface area contributed by atoms with E-state index in [0.29, 0.717) is 0 Å². The molecule has 82 valence electrons. The molecule has 0 amide bonds. The van der Waals surface area contributed by atoms with Crippen molar-refractivity contribution >= 4 is 0 Å². The van der Waals surface area contributed by atoms with E-state index in [2.05, 4.69) is 4.98 Å². The van der Waals surface area contributed by atoms with Gasteiger partial charge in [-0.15, -0.1) is 0 Å². The maximum Gasteiger partial charge on any atom is 0.250 e. The third-order valence-corrected chi connectivity index (χ3v) is 2.74. The van der Waals surface area contributed by atoms with Crippen molar-refractivity contribution in [3.8, 4) is 5.88 Å². The van der Waals surface area contributed by atoms with Crippen LogP contribution in [0.3, 0.4) is 0 Å². The summed E-state index contributed by atoms with van der Waals surface area (Å²) >= 11 is 0. The lowest BCUT2D eigenvalue weighted by atomic mass is 9.93. The highest BCUT2D eigenvalue weighted by Crippen LogP contribution is 2.22. The van der Waals surface area contributed by atoms with Crippen LogP contribution in [0.2, 0.25) is 0 Å². The number of rotatable bonds is 2. The fourth-order valence-electron chi connectivity index (χ4n) is 1.87. The van der Waals surface area contributed by atoms with Crippen molar-refractivity contribution in [3.05, 3.63) is 24.1 Å². The molecular formula is C11H15FN2O. The average Bonchev–Trinajstić information content (AvgIpc) is 2.24. The summed E-state index contributed by atoms with van der Waals surface area (Å²) in [6, 6.07) is 2.89. The van der Waals surface area contributed by atoms with Gasteiger partial charge in [-0.25, -0.2) is 9.37 Å².